The Kier molecular flexibility index (Phi) is 14.6. The summed E-state index contributed by atoms with van der Waals surface area (Å²) in [6, 6.07) is 9.09. The second-order valence-electron chi connectivity index (χ2n) is 12.7. The van der Waals surface area contributed by atoms with Crippen molar-refractivity contribution in [3.05, 3.63) is 53.8 Å². The van der Waals surface area contributed by atoms with Crippen molar-refractivity contribution in [3.8, 4) is 5.75 Å². The zero-order valence-corrected chi connectivity index (χ0v) is 29.3. The zero-order valence-electron chi connectivity index (χ0n) is 28.4. The van der Waals surface area contributed by atoms with Crippen LogP contribution in [0.25, 0.3) is 0 Å². The Bertz CT molecular complexity index is 1420. The lowest BCUT2D eigenvalue weighted by Gasteiger charge is -2.35. The summed E-state index contributed by atoms with van der Waals surface area (Å²) in [4.78, 5) is 30.5. The van der Waals surface area contributed by atoms with Crippen LogP contribution in [0.15, 0.2) is 47.4 Å². The van der Waals surface area contributed by atoms with Crippen LogP contribution < -0.4 is 10.1 Å². The Morgan fingerprint density at radius 2 is 1.83 bits per heavy atom. The average Bonchev–Trinajstić information content (AvgIpc) is 3.02. The SMILES string of the molecule is C[C@H](CO)N1C[C@H](C)[C@H](CN(C)S(=O)(=O)c2ccc(F)cc2)OCCCC[C@H](C)Oc2ccc(NC(=O)CCCN(C)C)cc2C1=O. The second kappa shape index (κ2) is 17.9. The second-order valence-corrected chi connectivity index (χ2v) is 14.8. The summed E-state index contributed by atoms with van der Waals surface area (Å²) in [5.41, 5.74) is 0.712. The van der Waals surface area contributed by atoms with Crippen LogP contribution >= 0.6 is 0 Å². The normalized spacial score (nSPS) is 20.8. The standard InChI is InChI=1S/C34H51FN4O7S/c1-24-21-39(25(2)23-40)34(42)30-20-28(36-33(41)11-9-18-37(4)5)14-17-31(30)46-26(3)10-7-8-19-45-32(24)22-38(6)47(43,44)29-15-12-27(35)13-16-29/h12-17,20,24-26,32,40H,7-11,18-19,21-23H2,1-6H3,(H,36,41)/t24-,25+,26-,32-/m0/s1. The molecule has 2 amide bonds. The smallest absolute Gasteiger partial charge is 0.258 e. The molecule has 0 bridgehead atoms. The van der Waals surface area contributed by atoms with Gasteiger partial charge in [0.25, 0.3) is 5.91 Å². The summed E-state index contributed by atoms with van der Waals surface area (Å²) in [6.07, 6.45) is 2.39. The molecule has 47 heavy (non-hydrogen) atoms. The first-order valence-corrected chi connectivity index (χ1v) is 17.7. The van der Waals surface area contributed by atoms with Crippen molar-refractivity contribution in [2.45, 2.75) is 76.0 Å². The third-order valence-corrected chi connectivity index (χ3v) is 10.1. The number of hydrogen-bond acceptors (Lipinski definition) is 8. The van der Waals surface area contributed by atoms with E-state index in [2.05, 4.69) is 5.32 Å². The van der Waals surface area contributed by atoms with E-state index >= 15 is 0 Å². The average molecular weight is 679 g/mol. The first-order valence-electron chi connectivity index (χ1n) is 16.2. The molecular weight excluding hydrogens is 627 g/mol. The van der Waals surface area contributed by atoms with Gasteiger partial charge in [-0.3, -0.25) is 9.59 Å². The number of halogens is 1. The van der Waals surface area contributed by atoms with Gasteiger partial charge in [-0.2, -0.15) is 4.31 Å². The number of carbonyl (C=O) groups excluding carboxylic acids is 2. The van der Waals surface area contributed by atoms with Crippen LogP contribution in [0.2, 0.25) is 0 Å². The van der Waals surface area contributed by atoms with Gasteiger partial charge in [-0.1, -0.05) is 6.92 Å². The predicted octanol–water partition coefficient (Wildman–Crippen LogP) is 4.22. The van der Waals surface area contributed by atoms with Gasteiger partial charge in [0.05, 0.1) is 35.3 Å². The molecule has 2 aromatic rings. The molecule has 1 aliphatic rings. The van der Waals surface area contributed by atoms with Crippen molar-refractivity contribution in [3.63, 3.8) is 0 Å². The molecule has 3 rings (SSSR count). The topological polar surface area (TPSA) is 129 Å². The maximum absolute atomic E-state index is 14.3. The van der Waals surface area contributed by atoms with E-state index in [1.54, 1.807) is 25.1 Å². The highest BCUT2D eigenvalue weighted by Crippen LogP contribution is 2.29. The molecule has 0 radical (unpaired) electrons. The third-order valence-electron chi connectivity index (χ3n) is 8.30. The van der Waals surface area contributed by atoms with Crippen LogP contribution in [0, 0.1) is 11.7 Å². The van der Waals surface area contributed by atoms with Gasteiger partial charge in [0.15, 0.2) is 0 Å². The van der Waals surface area contributed by atoms with E-state index < -0.39 is 33.9 Å². The van der Waals surface area contributed by atoms with E-state index in [9.17, 15) is 27.5 Å². The largest absolute Gasteiger partial charge is 0.490 e. The summed E-state index contributed by atoms with van der Waals surface area (Å²) in [5.74, 6) is -1.07. The van der Waals surface area contributed by atoms with Gasteiger partial charge in [0.2, 0.25) is 15.9 Å². The van der Waals surface area contributed by atoms with E-state index in [1.807, 2.05) is 32.8 Å². The lowest BCUT2D eigenvalue weighted by Crippen LogP contribution is -2.48. The number of fused-ring (bicyclic) bond motifs is 1. The molecule has 1 aliphatic heterocycles. The number of hydrogen-bond donors (Lipinski definition) is 2. The highest BCUT2D eigenvalue weighted by molar-refractivity contribution is 7.89. The zero-order chi connectivity index (χ0) is 34.7. The van der Waals surface area contributed by atoms with E-state index in [4.69, 9.17) is 9.47 Å². The van der Waals surface area contributed by atoms with Gasteiger partial charge >= 0.3 is 0 Å². The Morgan fingerprint density at radius 1 is 1.13 bits per heavy atom. The molecule has 0 spiro atoms. The molecule has 0 saturated heterocycles. The Morgan fingerprint density at radius 3 is 2.49 bits per heavy atom. The minimum atomic E-state index is -3.94. The fourth-order valence-electron chi connectivity index (χ4n) is 5.38. The summed E-state index contributed by atoms with van der Waals surface area (Å²) < 4.78 is 53.9. The van der Waals surface area contributed by atoms with E-state index in [0.717, 1.165) is 25.1 Å². The molecule has 0 unspecified atom stereocenters. The van der Waals surface area contributed by atoms with E-state index in [-0.39, 0.29) is 48.1 Å². The fraction of sp³-hybridized carbons (Fsp3) is 0.588. The van der Waals surface area contributed by atoms with Crippen LogP contribution in [0.4, 0.5) is 10.1 Å². The van der Waals surface area contributed by atoms with Crippen LogP contribution in [-0.4, -0.2) is 112 Å². The van der Waals surface area contributed by atoms with Gasteiger partial charge in [-0.15, -0.1) is 0 Å². The van der Waals surface area contributed by atoms with Gasteiger partial charge < -0.3 is 29.7 Å². The van der Waals surface area contributed by atoms with Crippen molar-refractivity contribution in [2.75, 3.05) is 59.3 Å². The van der Waals surface area contributed by atoms with Crippen molar-refractivity contribution >= 4 is 27.5 Å². The van der Waals surface area contributed by atoms with Gasteiger partial charge in [-0.25, -0.2) is 12.8 Å². The number of carbonyl (C=O) groups is 2. The highest BCUT2D eigenvalue weighted by atomic mass is 32.2. The molecule has 2 aromatic carbocycles. The van der Waals surface area contributed by atoms with E-state index in [1.165, 1.54) is 28.4 Å². The van der Waals surface area contributed by atoms with E-state index in [0.29, 0.717) is 43.7 Å². The number of benzene rings is 2. The number of nitrogens with zero attached hydrogens (tertiary/aromatic N) is 3. The number of aliphatic hydroxyl groups excluding tert-OH is 1. The van der Waals surface area contributed by atoms with Crippen molar-refractivity contribution in [1.29, 1.82) is 0 Å². The Labute approximate surface area is 279 Å². The lowest BCUT2D eigenvalue weighted by atomic mass is 10.0. The maximum atomic E-state index is 14.3. The minimum Gasteiger partial charge on any atom is -0.490 e. The van der Waals surface area contributed by atoms with Gasteiger partial charge in [-0.05, 0) is 103 Å². The number of amides is 2. The number of sulfonamides is 1. The number of ether oxygens (including phenoxy) is 2. The summed E-state index contributed by atoms with van der Waals surface area (Å²) in [7, 11) is 1.40. The molecule has 4 atom stereocenters. The molecule has 0 aliphatic carbocycles. The van der Waals surface area contributed by atoms with Crippen LogP contribution in [0.3, 0.4) is 0 Å². The molecule has 0 aromatic heterocycles. The molecular formula is C34H51FN4O7S. The van der Waals surface area contributed by atoms with Gasteiger partial charge in [0.1, 0.15) is 11.6 Å². The molecule has 2 N–H and O–H groups in total. The van der Waals surface area contributed by atoms with Crippen molar-refractivity contribution < 1.29 is 37.0 Å². The summed E-state index contributed by atoms with van der Waals surface area (Å²) in [5, 5.41) is 13.1. The first-order chi connectivity index (χ1) is 22.2. The lowest BCUT2D eigenvalue weighted by molar-refractivity contribution is -0.116. The predicted molar refractivity (Wildman–Crippen MR) is 180 cm³/mol. The fourth-order valence-corrected chi connectivity index (χ4v) is 6.56. The number of nitrogens with one attached hydrogen (secondary N) is 1. The van der Waals surface area contributed by atoms with Crippen molar-refractivity contribution in [2.24, 2.45) is 5.92 Å². The third kappa shape index (κ3) is 11.2. The van der Waals surface area contributed by atoms with Crippen LogP contribution in [0.1, 0.15) is 63.2 Å². The van der Waals surface area contributed by atoms with Crippen LogP contribution in [0.5, 0.6) is 5.75 Å². The molecule has 0 saturated carbocycles. The molecule has 262 valence electrons. The molecule has 1 heterocycles. The molecule has 11 nitrogen and oxygen atoms in total. The molecule has 13 heteroatoms. The Balaban J connectivity index is 1.92. The quantitative estimate of drug-likeness (QED) is 0.362. The number of rotatable bonds is 11. The monoisotopic (exact) mass is 678 g/mol. The van der Waals surface area contributed by atoms with Crippen LogP contribution in [-0.2, 0) is 19.6 Å². The molecule has 0 fully saturated rings. The Hall–Kier alpha value is -3.10. The van der Waals surface area contributed by atoms with Crippen molar-refractivity contribution in [1.82, 2.24) is 14.1 Å². The highest BCUT2D eigenvalue weighted by Gasteiger charge is 2.32. The number of likely N-dealkylation sites (N-methyl/N-ethyl adjacent to an activating group) is 1. The van der Waals surface area contributed by atoms with Gasteiger partial charge in [0, 0.05) is 44.8 Å². The number of aliphatic hydroxyl groups is 1. The maximum Gasteiger partial charge on any atom is 0.258 e. The number of anilines is 1. The first kappa shape index (κ1) is 38.3. The minimum absolute atomic E-state index is 0.00346. The summed E-state index contributed by atoms with van der Waals surface area (Å²) >= 11 is 0. The summed E-state index contributed by atoms with van der Waals surface area (Å²) in [6.45, 7) is 6.52.